The summed E-state index contributed by atoms with van der Waals surface area (Å²) >= 11 is 0. The lowest BCUT2D eigenvalue weighted by molar-refractivity contribution is -0.167. The normalized spacial score (nSPS) is 13.0. The largest absolute Gasteiger partial charge is 0.462 e. The molecule has 0 aliphatic heterocycles. The predicted octanol–water partition coefficient (Wildman–Crippen LogP) is 14.2. The van der Waals surface area contributed by atoms with E-state index in [1.165, 1.54) is 38.5 Å². The number of allylic oxidation sites excluding steroid dienone is 16. The Morgan fingerprint density at radius 2 is 0.786 bits per heavy atom. The first-order chi connectivity index (χ1) is 27.5. The minimum atomic E-state index is -0.812. The van der Waals surface area contributed by atoms with Gasteiger partial charge in [0, 0.05) is 19.3 Å². The maximum atomic E-state index is 12.7. The maximum absolute atomic E-state index is 12.7. The van der Waals surface area contributed by atoms with Crippen molar-refractivity contribution in [2.45, 2.75) is 187 Å². The highest BCUT2D eigenvalue weighted by atomic mass is 16.6. The van der Waals surface area contributed by atoms with Gasteiger partial charge in [0.2, 0.25) is 0 Å². The minimum absolute atomic E-state index is 0.110. The van der Waals surface area contributed by atoms with Crippen LogP contribution in [0, 0.1) is 0 Å². The van der Waals surface area contributed by atoms with Crippen LogP contribution in [0.3, 0.4) is 0 Å². The molecule has 0 saturated heterocycles. The number of unbranched alkanes of at least 4 members (excludes halogenated alkanes) is 14. The van der Waals surface area contributed by atoms with Crippen LogP contribution < -0.4 is 0 Å². The molecule has 56 heavy (non-hydrogen) atoms. The van der Waals surface area contributed by atoms with E-state index in [0.29, 0.717) is 19.3 Å². The second-order valence-corrected chi connectivity index (χ2v) is 14.3. The number of rotatable bonds is 38. The number of hydrogen-bond acceptors (Lipinski definition) is 6. The molecule has 0 amide bonds. The van der Waals surface area contributed by atoms with E-state index in [1.54, 1.807) is 0 Å². The van der Waals surface area contributed by atoms with Gasteiger partial charge in [0.1, 0.15) is 13.2 Å². The van der Waals surface area contributed by atoms with Gasteiger partial charge in [-0.15, -0.1) is 0 Å². The first kappa shape index (κ1) is 52.3. The van der Waals surface area contributed by atoms with E-state index in [2.05, 4.69) is 118 Å². The Balaban J connectivity index is 4.50. The molecular formula is C50H80O6. The molecule has 0 aromatic heterocycles. The van der Waals surface area contributed by atoms with Gasteiger partial charge in [0.05, 0.1) is 0 Å². The zero-order valence-corrected chi connectivity index (χ0v) is 35.9. The topological polar surface area (TPSA) is 78.9 Å². The molecule has 6 heteroatoms. The van der Waals surface area contributed by atoms with Crippen molar-refractivity contribution in [3.8, 4) is 0 Å². The second-order valence-electron chi connectivity index (χ2n) is 14.3. The van der Waals surface area contributed by atoms with Gasteiger partial charge in [-0.25, -0.2) is 0 Å². The van der Waals surface area contributed by atoms with Gasteiger partial charge in [-0.1, -0.05) is 169 Å². The van der Waals surface area contributed by atoms with Crippen molar-refractivity contribution in [3.05, 3.63) is 97.2 Å². The average Bonchev–Trinajstić information content (AvgIpc) is 3.19. The Labute approximate surface area is 343 Å². The van der Waals surface area contributed by atoms with E-state index in [0.717, 1.165) is 96.3 Å². The molecule has 6 nitrogen and oxygen atoms in total. The van der Waals surface area contributed by atoms with Gasteiger partial charge in [-0.2, -0.15) is 0 Å². The monoisotopic (exact) mass is 777 g/mol. The summed E-state index contributed by atoms with van der Waals surface area (Å²) in [4.78, 5) is 37.7. The first-order valence-corrected chi connectivity index (χ1v) is 22.3. The number of carbonyl (C=O) groups excluding carboxylic acids is 3. The van der Waals surface area contributed by atoms with Gasteiger partial charge >= 0.3 is 17.9 Å². The van der Waals surface area contributed by atoms with Gasteiger partial charge in [0.25, 0.3) is 0 Å². The molecule has 1 unspecified atom stereocenters. The van der Waals surface area contributed by atoms with Crippen LogP contribution >= 0.6 is 0 Å². The number of carbonyl (C=O) groups is 3. The lowest BCUT2D eigenvalue weighted by Crippen LogP contribution is -2.30. The molecule has 1 atom stereocenters. The van der Waals surface area contributed by atoms with Crippen molar-refractivity contribution in [1.82, 2.24) is 0 Å². The Kier molecular flexibility index (Phi) is 41.2. The summed E-state index contributed by atoms with van der Waals surface area (Å²) in [5.74, 6) is -1.00. The quantitative estimate of drug-likeness (QED) is 0.0204. The third-order valence-corrected chi connectivity index (χ3v) is 8.89. The van der Waals surface area contributed by atoms with E-state index < -0.39 is 6.10 Å². The van der Waals surface area contributed by atoms with Gasteiger partial charge in [-0.05, 0) is 89.9 Å². The number of hydrogen-bond donors (Lipinski definition) is 0. The molecule has 0 rings (SSSR count). The van der Waals surface area contributed by atoms with E-state index >= 15 is 0 Å². The van der Waals surface area contributed by atoms with Crippen molar-refractivity contribution >= 4 is 17.9 Å². The van der Waals surface area contributed by atoms with Crippen LogP contribution in [0.1, 0.15) is 181 Å². The second kappa shape index (κ2) is 44.0. The molecular weight excluding hydrogens is 697 g/mol. The lowest BCUT2D eigenvalue weighted by Gasteiger charge is -2.18. The standard InChI is InChI=1S/C50H80O6/c1-4-7-10-13-16-19-22-24-25-26-29-31-34-37-40-43-49(52)55-46-47(45-54-48(51)42-39-36-33-30-27-21-18-15-12-9-6-3)56-50(53)44-41-38-35-32-28-23-20-17-14-11-8-5-2/h7-8,10-11,13,15-22,27-28,32,47H,4-6,9,12,14,23-26,29-31,33-46H2,1-3H3/b10-7-,11-8-,16-13-,18-15-,20-17-,22-19-,27-21-,32-28-. The molecule has 0 aliphatic carbocycles. The summed E-state index contributed by atoms with van der Waals surface area (Å²) < 4.78 is 16.6. The zero-order valence-electron chi connectivity index (χ0n) is 35.9. The SMILES string of the molecule is CC\C=C/C=C\C=C/CCCCCCCCCC(=O)OCC(COC(=O)CCCCC/C=C\C=C/CCCC)OC(=O)CCCC/C=C\C/C=C\C/C=C\CC. The summed E-state index contributed by atoms with van der Waals surface area (Å²) in [5, 5.41) is 0. The Morgan fingerprint density at radius 1 is 0.393 bits per heavy atom. The molecule has 0 aromatic carbocycles. The van der Waals surface area contributed by atoms with Crippen molar-refractivity contribution in [1.29, 1.82) is 0 Å². The van der Waals surface area contributed by atoms with E-state index in [4.69, 9.17) is 14.2 Å². The van der Waals surface area contributed by atoms with Crippen LogP contribution in [0.5, 0.6) is 0 Å². The first-order valence-electron chi connectivity index (χ1n) is 22.3. The maximum Gasteiger partial charge on any atom is 0.306 e. The zero-order chi connectivity index (χ0) is 40.8. The minimum Gasteiger partial charge on any atom is -0.462 e. The van der Waals surface area contributed by atoms with Gasteiger partial charge in [0.15, 0.2) is 6.10 Å². The van der Waals surface area contributed by atoms with E-state index in [-0.39, 0.29) is 37.5 Å². The summed E-state index contributed by atoms with van der Waals surface area (Å²) in [5.41, 5.74) is 0. The molecule has 0 bridgehead atoms. The average molecular weight is 777 g/mol. The van der Waals surface area contributed by atoms with Crippen LogP contribution in [0.2, 0.25) is 0 Å². The molecule has 0 aromatic rings. The van der Waals surface area contributed by atoms with Crippen LogP contribution in [-0.4, -0.2) is 37.2 Å². The van der Waals surface area contributed by atoms with Crippen molar-refractivity contribution in [2.24, 2.45) is 0 Å². The highest BCUT2D eigenvalue weighted by Gasteiger charge is 2.19. The van der Waals surface area contributed by atoms with Crippen molar-refractivity contribution < 1.29 is 28.6 Å². The van der Waals surface area contributed by atoms with E-state index in [9.17, 15) is 14.4 Å². The molecule has 0 radical (unpaired) electrons. The molecule has 0 heterocycles. The van der Waals surface area contributed by atoms with Crippen molar-refractivity contribution in [3.63, 3.8) is 0 Å². The number of esters is 3. The molecule has 0 N–H and O–H groups in total. The molecule has 0 saturated carbocycles. The smallest absolute Gasteiger partial charge is 0.306 e. The van der Waals surface area contributed by atoms with Gasteiger partial charge < -0.3 is 14.2 Å². The predicted molar refractivity (Wildman–Crippen MR) is 237 cm³/mol. The molecule has 0 spiro atoms. The fourth-order valence-electron chi connectivity index (χ4n) is 5.55. The Bertz CT molecular complexity index is 1170. The third kappa shape index (κ3) is 41.5. The van der Waals surface area contributed by atoms with Gasteiger partial charge in [-0.3, -0.25) is 14.4 Å². The summed E-state index contributed by atoms with van der Waals surface area (Å²) in [6.07, 6.45) is 56.8. The Morgan fingerprint density at radius 3 is 1.36 bits per heavy atom. The van der Waals surface area contributed by atoms with E-state index in [1.807, 2.05) is 0 Å². The number of ether oxygens (including phenoxy) is 3. The third-order valence-electron chi connectivity index (χ3n) is 8.89. The summed E-state index contributed by atoms with van der Waals surface area (Å²) in [6, 6.07) is 0. The van der Waals surface area contributed by atoms with Crippen molar-refractivity contribution in [2.75, 3.05) is 13.2 Å². The van der Waals surface area contributed by atoms with Crippen LogP contribution in [-0.2, 0) is 28.6 Å². The molecule has 316 valence electrons. The lowest BCUT2D eigenvalue weighted by atomic mass is 10.1. The fraction of sp³-hybridized carbons (Fsp3) is 0.620. The van der Waals surface area contributed by atoms with Crippen LogP contribution in [0.15, 0.2) is 97.2 Å². The summed E-state index contributed by atoms with van der Waals surface area (Å²) in [6.45, 7) is 6.23. The fourth-order valence-corrected chi connectivity index (χ4v) is 5.55. The highest BCUT2D eigenvalue weighted by molar-refractivity contribution is 5.71. The Hall–Kier alpha value is -3.67. The summed E-state index contributed by atoms with van der Waals surface area (Å²) in [7, 11) is 0. The van der Waals surface area contributed by atoms with Crippen LogP contribution in [0.4, 0.5) is 0 Å². The molecule has 0 fully saturated rings. The highest BCUT2D eigenvalue weighted by Crippen LogP contribution is 2.12. The molecule has 0 aliphatic rings. The van der Waals surface area contributed by atoms with Crippen LogP contribution in [0.25, 0.3) is 0 Å².